The zero-order chi connectivity index (χ0) is 20.4. The van der Waals surface area contributed by atoms with Gasteiger partial charge in [-0.1, -0.05) is 18.2 Å². The lowest BCUT2D eigenvalue weighted by Crippen LogP contribution is -2.26. The van der Waals surface area contributed by atoms with Crippen molar-refractivity contribution in [2.24, 2.45) is 0 Å². The van der Waals surface area contributed by atoms with Crippen LogP contribution in [0.2, 0.25) is 0 Å². The van der Waals surface area contributed by atoms with Crippen LogP contribution in [0, 0.1) is 0 Å². The minimum atomic E-state index is -4.74. The predicted octanol–water partition coefficient (Wildman–Crippen LogP) is 4.58. The predicted molar refractivity (Wildman–Crippen MR) is 104 cm³/mol. The lowest BCUT2D eigenvalue weighted by molar-refractivity contribution is -0.274. The van der Waals surface area contributed by atoms with Crippen LogP contribution < -0.4 is 15.4 Å². The van der Waals surface area contributed by atoms with Gasteiger partial charge < -0.3 is 15.4 Å². The molecule has 1 aliphatic carbocycles. The van der Waals surface area contributed by atoms with E-state index in [2.05, 4.69) is 21.4 Å². The Balaban J connectivity index is 1.45. The highest BCUT2D eigenvalue weighted by Gasteiger charge is 2.31. The number of hydrogen-bond acceptors (Lipinski definition) is 3. The molecular formula is C22H19F3N2O2. The Kier molecular flexibility index (Phi) is 5.05. The molecule has 0 unspecified atom stereocenters. The lowest BCUT2D eigenvalue weighted by Gasteiger charge is -2.18. The Hall–Kier alpha value is -3.22. The van der Waals surface area contributed by atoms with E-state index >= 15 is 0 Å². The maximum absolute atomic E-state index is 12.5. The van der Waals surface area contributed by atoms with E-state index < -0.39 is 6.36 Å². The number of amides is 1. The second kappa shape index (κ2) is 7.66. The fourth-order valence-corrected chi connectivity index (χ4v) is 3.57. The van der Waals surface area contributed by atoms with Crippen molar-refractivity contribution in [1.82, 2.24) is 5.32 Å². The summed E-state index contributed by atoms with van der Waals surface area (Å²) in [5, 5.41) is 5.99. The molecule has 0 bridgehead atoms. The Labute approximate surface area is 166 Å². The van der Waals surface area contributed by atoms with E-state index in [0.717, 1.165) is 24.9 Å². The van der Waals surface area contributed by atoms with Crippen molar-refractivity contribution in [2.45, 2.75) is 25.6 Å². The monoisotopic (exact) mass is 400 g/mol. The second-order valence-corrected chi connectivity index (χ2v) is 6.99. The molecule has 150 valence electrons. The third-order valence-electron chi connectivity index (χ3n) is 4.95. The number of alkyl halides is 3. The molecule has 1 aliphatic heterocycles. The molecule has 2 aromatic rings. The molecule has 0 atom stereocenters. The summed E-state index contributed by atoms with van der Waals surface area (Å²) in [5.41, 5.74) is 5.08. The van der Waals surface area contributed by atoms with Crippen molar-refractivity contribution in [3.8, 4) is 5.75 Å². The van der Waals surface area contributed by atoms with Crippen LogP contribution in [0.15, 0.2) is 60.2 Å². The second-order valence-electron chi connectivity index (χ2n) is 6.99. The van der Waals surface area contributed by atoms with Gasteiger partial charge in [0.15, 0.2) is 0 Å². The maximum atomic E-state index is 12.5. The number of aryl methyl sites for hydroxylation is 2. The topological polar surface area (TPSA) is 50.4 Å². The van der Waals surface area contributed by atoms with Gasteiger partial charge in [0.05, 0.1) is 0 Å². The van der Waals surface area contributed by atoms with Crippen LogP contribution in [-0.2, 0) is 17.6 Å². The Morgan fingerprint density at radius 3 is 2.62 bits per heavy atom. The molecule has 1 amide bonds. The van der Waals surface area contributed by atoms with Gasteiger partial charge in [-0.3, -0.25) is 4.79 Å². The number of allylic oxidation sites excluding steroid dienone is 2. The zero-order valence-electron chi connectivity index (χ0n) is 15.5. The minimum absolute atomic E-state index is 0.208. The van der Waals surface area contributed by atoms with Crippen molar-refractivity contribution >= 4 is 17.3 Å². The first-order chi connectivity index (χ1) is 13.9. The molecule has 2 aromatic carbocycles. The Bertz CT molecular complexity index is 1010. The molecule has 4 nitrogen and oxygen atoms in total. The molecule has 0 radical (unpaired) electrons. The van der Waals surface area contributed by atoms with Crippen molar-refractivity contribution in [1.29, 1.82) is 0 Å². The Morgan fingerprint density at radius 1 is 1.03 bits per heavy atom. The van der Waals surface area contributed by atoms with Crippen LogP contribution in [0.1, 0.15) is 23.1 Å². The summed E-state index contributed by atoms with van der Waals surface area (Å²) in [5.74, 6) is -0.498. The normalized spacial score (nSPS) is 15.7. The highest BCUT2D eigenvalue weighted by molar-refractivity contribution is 6.05. The smallest absolute Gasteiger partial charge is 0.406 e. The van der Waals surface area contributed by atoms with E-state index in [0.29, 0.717) is 16.8 Å². The molecule has 0 fully saturated rings. The van der Waals surface area contributed by atoms with Crippen LogP contribution in [-0.4, -0.2) is 18.8 Å². The summed E-state index contributed by atoms with van der Waals surface area (Å²) < 4.78 is 41.2. The number of carbonyl (C=O) groups is 1. The molecule has 1 heterocycles. The number of nitrogens with one attached hydrogen (secondary N) is 2. The van der Waals surface area contributed by atoms with Gasteiger partial charge in [0, 0.05) is 29.1 Å². The van der Waals surface area contributed by atoms with Crippen LogP contribution in [0.5, 0.6) is 5.75 Å². The largest absolute Gasteiger partial charge is 0.573 e. The molecule has 2 aliphatic rings. The molecule has 2 N–H and O–H groups in total. The fraction of sp³-hybridized carbons (Fsp3) is 0.227. The number of benzene rings is 2. The van der Waals surface area contributed by atoms with E-state index in [-0.39, 0.29) is 18.2 Å². The number of anilines is 1. The number of fused-ring (bicyclic) bond motifs is 1. The van der Waals surface area contributed by atoms with Gasteiger partial charge in [0.1, 0.15) is 5.75 Å². The van der Waals surface area contributed by atoms with E-state index in [1.54, 1.807) is 18.2 Å². The van der Waals surface area contributed by atoms with Gasteiger partial charge in [0.2, 0.25) is 0 Å². The number of halogens is 3. The number of carbonyl (C=O) groups excluding carboxylic acids is 1. The molecular weight excluding hydrogens is 381 g/mol. The minimum Gasteiger partial charge on any atom is -0.406 e. The number of rotatable bonds is 4. The summed E-state index contributed by atoms with van der Waals surface area (Å²) in [7, 11) is 0. The standard InChI is InChI=1S/C22H19F3N2O2/c23-22(24,25)29-19-6-2-5-16(12-19)20-10-8-17(13-26-20)21(28)27-18-9-7-14-3-1-4-15(14)11-18/h2,5-12,26H,1,3-4,13H2,(H,27,28). The van der Waals surface area contributed by atoms with Gasteiger partial charge in [-0.15, -0.1) is 13.2 Å². The van der Waals surface area contributed by atoms with Crippen molar-refractivity contribution in [3.63, 3.8) is 0 Å². The van der Waals surface area contributed by atoms with Crippen molar-refractivity contribution in [3.05, 3.63) is 76.9 Å². The van der Waals surface area contributed by atoms with E-state index in [4.69, 9.17) is 0 Å². The van der Waals surface area contributed by atoms with Gasteiger partial charge in [-0.05, 0) is 66.8 Å². The van der Waals surface area contributed by atoms with Crippen LogP contribution >= 0.6 is 0 Å². The number of ether oxygens (including phenoxy) is 1. The summed E-state index contributed by atoms with van der Waals surface area (Å²) >= 11 is 0. The summed E-state index contributed by atoms with van der Waals surface area (Å²) in [6.45, 7) is 0.271. The van der Waals surface area contributed by atoms with E-state index in [1.165, 1.54) is 29.3 Å². The first-order valence-electron chi connectivity index (χ1n) is 9.31. The first kappa shape index (κ1) is 19.1. The average Bonchev–Trinajstić information content (AvgIpc) is 3.15. The lowest BCUT2D eigenvalue weighted by atomic mass is 10.1. The van der Waals surface area contributed by atoms with Gasteiger partial charge >= 0.3 is 6.36 Å². The van der Waals surface area contributed by atoms with Crippen LogP contribution in [0.25, 0.3) is 5.70 Å². The van der Waals surface area contributed by atoms with E-state index in [1.807, 2.05) is 12.1 Å². The molecule has 29 heavy (non-hydrogen) atoms. The van der Waals surface area contributed by atoms with Gasteiger partial charge in [0.25, 0.3) is 5.91 Å². The summed E-state index contributed by atoms with van der Waals surface area (Å²) in [6, 6.07) is 11.7. The fourth-order valence-electron chi connectivity index (χ4n) is 3.57. The maximum Gasteiger partial charge on any atom is 0.573 e. The third-order valence-corrected chi connectivity index (χ3v) is 4.95. The third kappa shape index (κ3) is 4.62. The summed E-state index contributed by atoms with van der Waals surface area (Å²) in [4.78, 5) is 12.5. The molecule has 0 saturated heterocycles. The first-order valence-corrected chi connectivity index (χ1v) is 9.31. The average molecular weight is 400 g/mol. The summed E-state index contributed by atoms with van der Waals surface area (Å²) in [6.07, 6.45) is 1.87. The number of hydrogen-bond donors (Lipinski definition) is 2. The van der Waals surface area contributed by atoms with Crippen LogP contribution in [0.3, 0.4) is 0 Å². The molecule has 4 rings (SSSR count). The highest BCUT2D eigenvalue weighted by atomic mass is 19.4. The zero-order valence-corrected chi connectivity index (χ0v) is 15.5. The van der Waals surface area contributed by atoms with Gasteiger partial charge in [-0.25, -0.2) is 0 Å². The Morgan fingerprint density at radius 2 is 1.86 bits per heavy atom. The SMILES string of the molecule is O=C(Nc1ccc2c(c1)CCC2)C1=CC=C(c2cccc(OC(F)(F)F)c2)NC1. The van der Waals surface area contributed by atoms with Crippen LogP contribution in [0.4, 0.5) is 18.9 Å². The quantitative estimate of drug-likeness (QED) is 0.790. The molecule has 0 saturated carbocycles. The molecule has 0 aromatic heterocycles. The van der Waals surface area contributed by atoms with Crippen molar-refractivity contribution < 1.29 is 22.7 Å². The number of dihydropyridines is 1. The van der Waals surface area contributed by atoms with Crippen molar-refractivity contribution in [2.75, 3.05) is 11.9 Å². The van der Waals surface area contributed by atoms with Gasteiger partial charge in [-0.2, -0.15) is 0 Å². The van der Waals surface area contributed by atoms with E-state index in [9.17, 15) is 18.0 Å². The molecule has 0 spiro atoms. The highest BCUT2D eigenvalue weighted by Crippen LogP contribution is 2.27. The molecule has 7 heteroatoms.